The van der Waals surface area contributed by atoms with Crippen molar-refractivity contribution in [2.75, 3.05) is 19.7 Å². The monoisotopic (exact) mass is 338 g/mol. The van der Waals surface area contributed by atoms with Crippen molar-refractivity contribution in [3.05, 3.63) is 11.6 Å². The molecule has 0 amide bonds. The Labute approximate surface area is 142 Å². The maximum absolute atomic E-state index is 12.6. The zero-order valence-electron chi connectivity index (χ0n) is 14.7. The number of allylic oxidation sites excluding steroid dienone is 1. The van der Waals surface area contributed by atoms with Crippen molar-refractivity contribution >= 4 is 11.9 Å². The van der Waals surface area contributed by atoms with E-state index in [1.165, 1.54) is 11.8 Å². The average Bonchev–Trinajstić information content (AvgIpc) is 3.12. The van der Waals surface area contributed by atoms with Crippen LogP contribution in [-0.2, 0) is 19.1 Å². The molecule has 3 rings (SSSR count). The zero-order valence-corrected chi connectivity index (χ0v) is 14.7. The third-order valence-corrected chi connectivity index (χ3v) is 6.16. The molecular weight excluding hydrogens is 310 g/mol. The van der Waals surface area contributed by atoms with E-state index in [1.54, 1.807) is 19.9 Å². The number of aliphatic hydroxyl groups is 1. The second kappa shape index (κ2) is 6.48. The first-order chi connectivity index (χ1) is 11.3. The van der Waals surface area contributed by atoms with E-state index in [-0.39, 0.29) is 30.5 Å². The van der Waals surface area contributed by atoms with Crippen molar-refractivity contribution in [3.63, 3.8) is 0 Å². The number of carbonyl (C=O) groups is 2. The SMILES string of the molecule is C/C=C1/C[C@@H](C)[C@](C)(O)C(=O)OC[C@@H]2CC[NH+]3CC[C@@H](OC1=O)[C@H]23. The maximum atomic E-state index is 12.6. The molecule has 0 aromatic carbocycles. The molecule has 6 nitrogen and oxygen atoms in total. The van der Waals surface area contributed by atoms with E-state index in [0.29, 0.717) is 12.2 Å². The Balaban J connectivity index is 1.89. The van der Waals surface area contributed by atoms with Crippen molar-refractivity contribution in [3.8, 4) is 0 Å². The summed E-state index contributed by atoms with van der Waals surface area (Å²) in [4.78, 5) is 26.4. The summed E-state index contributed by atoms with van der Waals surface area (Å²) in [6.07, 6.45) is 3.71. The number of ether oxygens (including phenoxy) is 2. The number of quaternary nitrogens is 1. The highest BCUT2D eigenvalue weighted by atomic mass is 16.6. The lowest BCUT2D eigenvalue weighted by atomic mass is 9.85. The van der Waals surface area contributed by atoms with Gasteiger partial charge < -0.3 is 19.5 Å². The second-order valence-corrected chi connectivity index (χ2v) is 7.63. The Bertz CT molecular complexity index is 556. The summed E-state index contributed by atoms with van der Waals surface area (Å²) in [5, 5.41) is 10.6. The quantitative estimate of drug-likeness (QED) is 0.475. The average molecular weight is 338 g/mol. The van der Waals surface area contributed by atoms with Gasteiger partial charge >= 0.3 is 11.9 Å². The third kappa shape index (κ3) is 2.97. The molecular formula is C18H28NO5+. The van der Waals surface area contributed by atoms with Gasteiger partial charge in [0.1, 0.15) is 12.6 Å². The van der Waals surface area contributed by atoms with E-state index < -0.39 is 17.5 Å². The lowest BCUT2D eigenvalue weighted by Gasteiger charge is -2.31. The molecule has 0 aliphatic carbocycles. The van der Waals surface area contributed by atoms with Crippen molar-refractivity contribution < 1.29 is 29.1 Å². The van der Waals surface area contributed by atoms with Gasteiger partial charge in [0.25, 0.3) is 0 Å². The Morgan fingerprint density at radius 2 is 2.00 bits per heavy atom. The first kappa shape index (κ1) is 17.4. The first-order valence-corrected chi connectivity index (χ1v) is 8.95. The molecule has 3 aliphatic rings. The van der Waals surface area contributed by atoms with Crippen LogP contribution in [0.4, 0.5) is 0 Å². The molecule has 24 heavy (non-hydrogen) atoms. The van der Waals surface area contributed by atoms with Gasteiger partial charge in [0, 0.05) is 18.4 Å². The van der Waals surface area contributed by atoms with Gasteiger partial charge in [-0.2, -0.15) is 0 Å². The molecule has 3 fully saturated rings. The molecule has 3 saturated heterocycles. The number of esters is 2. The van der Waals surface area contributed by atoms with Crippen molar-refractivity contribution in [2.45, 2.75) is 57.8 Å². The molecule has 2 N–H and O–H groups in total. The first-order valence-electron chi connectivity index (χ1n) is 8.95. The fraction of sp³-hybridized carbons (Fsp3) is 0.778. The van der Waals surface area contributed by atoms with Crippen LogP contribution in [0.1, 0.15) is 40.0 Å². The van der Waals surface area contributed by atoms with E-state index >= 15 is 0 Å². The van der Waals surface area contributed by atoms with Crippen LogP contribution in [0.25, 0.3) is 0 Å². The summed E-state index contributed by atoms with van der Waals surface area (Å²) in [5.74, 6) is -1.16. The lowest BCUT2D eigenvalue weighted by molar-refractivity contribution is -0.902. The van der Waals surface area contributed by atoms with E-state index in [9.17, 15) is 14.7 Å². The molecule has 0 spiro atoms. The van der Waals surface area contributed by atoms with Crippen LogP contribution < -0.4 is 4.90 Å². The van der Waals surface area contributed by atoms with Crippen molar-refractivity contribution in [1.82, 2.24) is 0 Å². The van der Waals surface area contributed by atoms with Crippen molar-refractivity contribution in [2.24, 2.45) is 11.8 Å². The van der Waals surface area contributed by atoms with Crippen LogP contribution in [0, 0.1) is 11.8 Å². The van der Waals surface area contributed by atoms with E-state index in [0.717, 1.165) is 25.9 Å². The van der Waals surface area contributed by atoms with Gasteiger partial charge in [0.2, 0.25) is 0 Å². The lowest BCUT2D eigenvalue weighted by Crippen LogP contribution is -3.12. The number of nitrogens with one attached hydrogen (secondary N) is 1. The Morgan fingerprint density at radius 1 is 1.29 bits per heavy atom. The van der Waals surface area contributed by atoms with Crippen LogP contribution in [0.2, 0.25) is 0 Å². The van der Waals surface area contributed by atoms with Gasteiger partial charge in [-0.15, -0.1) is 0 Å². The molecule has 1 unspecified atom stereocenters. The topological polar surface area (TPSA) is 77.3 Å². The molecule has 0 radical (unpaired) electrons. The summed E-state index contributed by atoms with van der Waals surface area (Å²) in [5.41, 5.74) is -1.10. The van der Waals surface area contributed by atoms with Gasteiger partial charge in [-0.05, 0) is 26.2 Å². The number of carbonyl (C=O) groups excluding carboxylic acids is 2. The largest absolute Gasteiger partial charge is 0.463 e. The highest BCUT2D eigenvalue weighted by Gasteiger charge is 2.51. The summed E-state index contributed by atoms with van der Waals surface area (Å²) in [7, 11) is 0. The minimum absolute atomic E-state index is 0.108. The molecule has 0 saturated carbocycles. The van der Waals surface area contributed by atoms with Gasteiger partial charge in [0.15, 0.2) is 11.7 Å². The van der Waals surface area contributed by atoms with Crippen molar-refractivity contribution in [1.29, 1.82) is 0 Å². The summed E-state index contributed by atoms with van der Waals surface area (Å²) < 4.78 is 11.3. The minimum Gasteiger partial charge on any atom is -0.463 e. The Kier molecular flexibility index (Phi) is 4.71. The zero-order chi connectivity index (χ0) is 17.5. The van der Waals surface area contributed by atoms with Gasteiger partial charge in [-0.3, -0.25) is 0 Å². The molecule has 0 aromatic heterocycles. The molecule has 6 atom stereocenters. The summed E-state index contributed by atoms with van der Waals surface area (Å²) in [6.45, 7) is 7.31. The van der Waals surface area contributed by atoms with E-state index in [2.05, 4.69) is 0 Å². The van der Waals surface area contributed by atoms with Crippen LogP contribution in [0.15, 0.2) is 11.6 Å². The Hall–Kier alpha value is -1.40. The minimum atomic E-state index is -1.62. The number of hydrogen-bond acceptors (Lipinski definition) is 5. The van der Waals surface area contributed by atoms with Crippen LogP contribution >= 0.6 is 0 Å². The van der Waals surface area contributed by atoms with E-state index in [1.807, 2.05) is 0 Å². The van der Waals surface area contributed by atoms with Crippen LogP contribution in [-0.4, -0.2) is 54.5 Å². The van der Waals surface area contributed by atoms with Gasteiger partial charge in [0.05, 0.1) is 19.0 Å². The van der Waals surface area contributed by atoms with Gasteiger partial charge in [-0.25, -0.2) is 9.59 Å². The van der Waals surface area contributed by atoms with Crippen LogP contribution in [0.3, 0.4) is 0 Å². The number of cyclic esters (lactones) is 1. The fourth-order valence-corrected chi connectivity index (χ4v) is 4.33. The predicted molar refractivity (Wildman–Crippen MR) is 86.2 cm³/mol. The van der Waals surface area contributed by atoms with E-state index in [4.69, 9.17) is 9.47 Å². The maximum Gasteiger partial charge on any atom is 0.338 e. The molecule has 134 valence electrons. The van der Waals surface area contributed by atoms with Crippen LogP contribution in [0.5, 0.6) is 0 Å². The molecule has 0 bridgehead atoms. The number of rotatable bonds is 0. The third-order valence-electron chi connectivity index (χ3n) is 6.16. The molecule has 0 aromatic rings. The number of hydrogen-bond donors (Lipinski definition) is 2. The summed E-state index contributed by atoms with van der Waals surface area (Å²) in [6, 6.07) is 0.196. The predicted octanol–water partition coefficient (Wildman–Crippen LogP) is -0.144. The Morgan fingerprint density at radius 3 is 2.71 bits per heavy atom. The normalized spacial score (nSPS) is 45.2. The summed E-state index contributed by atoms with van der Waals surface area (Å²) >= 11 is 0. The highest BCUT2D eigenvalue weighted by Crippen LogP contribution is 2.30. The molecule has 3 aliphatic heterocycles. The second-order valence-electron chi connectivity index (χ2n) is 7.63. The smallest absolute Gasteiger partial charge is 0.338 e. The molecule has 6 heteroatoms. The fourth-order valence-electron chi connectivity index (χ4n) is 4.33. The molecule has 3 heterocycles. The standard InChI is InChI=1S/C18H27NO5/c1-4-12-9-11(2)18(3,22)17(21)23-10-13-5-7-19-8-6-14(15(13)19)24-16(12)20/h4,11,13-15,22H,5-10H2,1-3H3/p+1/b12-4-/t11-,13+,14-,15+,18+/m1/s1. The van der Waals surface area contributed by atoms with Gasteiger partial charge in [-0.1, -0.05) is 13.0 Å². The highest BCUT2D eigenvalue weighted by molar-refractivity contribution is 5.89.